The first-order valence-corrected chi connectivity index (χ1v) is 6.81. The third-order valence-electron chi connectivity index (χ3n) is 2.86. The second-order valence-electron chi connectivity index (χ2n) is 4.18. The number of hydrogen-bond donors (Lipinski definition) is 0. The number of benzene rings is 2. The molecule has 0 aromatic heterocycles. The number of carbonyl (C=O) groups is 1. The number of halogens is 1. The highest BCUT2D eigenvalue weighted by Crippen LogP contribution is 2.20. The summed E-state index contributed by atoms with van der Waals surface area (Å²) in [5, 5.41) is 2.29. The van der Waals surface area contributed by atoms with E-state index in [2.05, 4.69) is 28.9 Å². The molecular formula is C15H15BrO. The first kappa shape index (κ1) is 12.3. The summed E-state index contributed by atoms with van der Waals surface area (Å²) in [6.45, 7) is 2.09. The fraction of sp³-hybridized carbons (Fsp3) is 0.267. The maximum absolute atomic E-state index is 12.1. The van der Waals surface area contributed by atoms with Crippen molar-refractivity contribution in [1.82, 2.24) is 0 Å². The molecule has 0 spiro atoms. The highest BCUT2D eigenvalue weighted by atomic mass is 79.9. The van der Waals surface area contributed by atoms with E-state index in [0.29, 0.717) is 0 Å². The standard InChI is InChI=1S/C15H15BrO/c1-2-5-14(16)15(17)13-9-8-11-6-3-4-7-12(11)10-13/h3-4,6-10,14H,2,5H2,1H3/t14-/m1/s1. The molecule has 1 nitrogen and oxygen atoms in total. The lowest BCUT2D eigenvalue weighted by molar-refractivity contribution is 0.0988. The zero-order valence-electron chi connectivity index (χ0n) is 9.82. The summed E-state index contributed by atoms with van der Waals surface area (Å²) >= 11 is 3.45. The van der Waals surface area contributed by atoms with Crippen LogP contribution in [0.3, 0.4) is 0 Å². The predicted molar refractivity (Wildman–Crippen MR) is 75.9 cm³/mol. The van der Waals surface area contributed by atoms with Gasteiger partial charge in [0.1, 0.15) is 0 Å². The minimum absolute atomic E-state index is 0.0614. The van der Waals surface area contributed by atoms with Gasteiger partial charge in [-0.25, -0.2) is 0 Å². The minimum atomic E-state index is -0.0614. The molecule has 2 aromatic rings. The molecule has 0 saturated heterocycles. The molecule has 0 amide bonds. The molecule has 2 heteroatoms. The van der Waals surface area contributed by atoms with Gasteiger partial charge in [0.05, 0.1) is 4.83 Å². The fourth-order valence-corrected chi connectivity index (χ4v) is 2.63. The Hall–Kier alpha value is -1.15. The van der Waals surface area contributed by atoms with Gasteiger partial charge in [-0.1, -0.05) is 65.7 Å². The summed E-state index contributed by atoms with van der Waals surface area (Å²) in [5.74, 6) is 0.178. The van der Waals surface area contributed by atoms with Crippen molar-refractivity contribution >= 4 is 32.5 Å². The lowest BCUT2D eigenvalue weighted by atomic mass is 10.0. The topological polar surface area (TPSA) is 17.1 Å². The van der Waals surface area contributed by atoms with Crippen LogP contribution in [0.15, 0.2) is 42.5 Å². The second-order valence-corrected chi connectivity index (χ2v) is 5.29. The van der Waals surface area contributed by atoms with E-state index in [0.717, 1.165) is 23.8 Å². The number of alkyl halides is 1. The van der Waals surface area contributed by atoms with E-state index in [4.69, 9.17) is 0 Å². The largest absolute Gasteiger partial charge is 0.293 e. The maximum Gasteiger partial charge on any atom is 0.176 e. The average molecular weight is 291 g/mol. The molecule has 0 bridgehead atoms. The predicted octanol–water partition coefficient (Wildman–Crippen LogP) is 4.59. The highest BCUT2D eigenvalue weighted by molar-refractivity contribution is 9.10. The molecule has 88 valence electrons. The van der Waals surface area contributed by atoms with Crippen LogP contribution in [-0.4, -0.2) is 10.6 Å². The number of fused-ring (bicyclic) bond motifs is 1. The monoisotopic (exact) mass is 290 g/mol. The van der Waals surface area contributed by atoms with Crippen LogP contribution < -0.4 is 0 Å². The van der Waals surface area contributed by atoms with Crippen molar-refractivity contribution in [3.63, 3.8) is 0 Å². The smallest absolute Gasteiger partial charge is 0.176 e. The summed E-state index contributed by atoms with van der Waals surface area (Å²) in [7, 11) is 0. The van der Waals surface area contributed by atoms with Crippen molar-refractivity contribution in [1.29, 1.82) is 0 Å². The molecule has 0 aliphatic carbocycles. The molecule has 2 aromatic carbocycles. The van der Waals surface area contributed by atoms with E-state index < -0.39 is 0 Å². The number of ketones is 1. The van der Waals surface area contributed by atoms with Crippen molar-refractivity contribution < 1.29 is 4.79 Å². The molecule has 0 radical (unpaired) electrons. The van der Waals surface area contributed by atoms with Gasteiger partial charge in [0.2, 0.25) is 0 Å². The Morgan fingerprint density at radius 1 is 1.18 bits per heavy atom. The third-order valence-corrected chi connectivity index (χ3v) is 3.73. The molecule has 0 aliphatic heterocycles. The van der Waals surface area contributed by atoms with E-state index in [-0.39, 0.29) is 10.6 Å². The van der Waals surface area contributed by atoms with Gasteiger partial charge in [-0.2, -0.15) is 0 Å². The van der Waals surface area contributed by atoms with Gasteiger partial charge < -0.3 is 0 Å². The second kappa shape index (κ2) is 5.46. The maximum atomic E-state index is 12.1. The van der Waals surface area contributed by atoms with Crippen molar-refractivity contribution in [3.8, 4) is 0 Å². The Kier molecular flexibility index (Phi) is 3.95. The van der Waals surface area contributed by atoms with Gasteiger partial charge in [-0.3, -0.25) is 4.79 Å². The van der Waals surface area contributed by atoms with Crippen LogP contribution >= 0.6 is 15.9 Å². The van der Waals surface area contributed by atoms with Crippen LogP contribution in [0.1, 0.15) is 30.1 Å². The third kappa shape index (κ3) is 2.75. The molecule has 0 unspecified atom stereocenters. The Morgan fingerprint density at radius 3 is 2.59 bits per heavy atom. The van der Waals surface area contributed by atoms with Gasteiger partial charge in [0.15, 0.2) is 5.78 Å². The Morgan fingerprint density at radius 2 is 1.88 bits per heavy atom. The molecule has 0 heterocycles. The quantitative estimate of drug-likeness (QED) is 0.595. The lowest BCUT2D eigenvalue weighted by Crippen LogP contribution is -2.13. The van der Waals surface area contributed by atoms with E-state index in [9.17, 15) is 4.79 Å². The van der Waals surface area contributed by atoms with Crippen molar-refractivity contribution in [2.24, 2.45) is 0 Å². The minimum Gasteiger partial charge on any atom is -0.293 e. The molecule has 0 fully saturated rings. The Labute approximate surface area is 110 Å². The normalized spacial score (nSPS) is 12.6. The highest BCUT2D eigenvalue weighted by Gasteiger charge is 2.15. The lowest BCUT2D eigenvalue weighted by Gasteiger charge is -2.08. The number of carbonyl (C=O) groups excluding carboxylic acids is 1. The zero-order valence-corrected chi connectivity index (χ0v) is 11.4. The van der Waals surface area contributed by atoms with E-state index in [1.54, 1.807) is 0 Å². The van der Waals surface area contributed by atoms with Gasteiger partial charge in [0.25, 0.3) is 0 Å². The summed E-state index contributed by atoms with van der Waals surface area (Å²) in [6.07, 6.45) is 1.89. The van der Waals surface area contributed by atoms with Crippen LogP contribution in [0.4, 0.5) is 0 Å². The Bertz CT molecular complexity index is 533. The SMILES string of the molecule is CCC[C@@H](Br)C(=O)c1ccc2ccccc2c1. The number of Topliss-reactive ketones (excluding diaryl/α,β-unsaturated/α-hetero) is 1. The number of hydrogen-bond acceptors (Lipinski definition) is 1. The van der Waals surface area contributed by atoms with Crippen molar-refractivity contribution in [2.45, 2.75) is 24.6 Å². The van der Waals surface area contributed by atoms with E-state index in [1.165, 1.54) is 5.39 Å². The molecular weight excluding hydrogens is 276 g/mol. The summed E-state index contributed by atoms with van der Waals surface area (Å²) < 4.78 is 0. The van der Waals surface area contributed by atoms with Crippen LogP contribution in [0.2, 0.25) is 0 Å². The van der Waals surface area contributed by atoms with Gasteiger partial charge in [-0.15, -0.1) is 0 Å². The van der Waals surface area contributed by atoms with Gasteiger partial charge >= 0.3 is 0 Å². The molecule has 0 N–H and O–H groups in total. The zero-order chi connectivity index (χ0) is 12.3. The fourth-order valence-electron chi connectivity index (χ4n) is 1.91. The molecule has 0 saturated carbocycles. The molecule has 17 heavy (non-hydrogen) atoms. The first-order chi connectivity index (χ1) is 8.22. The van der Waals surface area contributed by atoms with Gasteiger partial charge in [-0.05, 0) is 23.3 Å². The molecule has 2 rings (SSSR count). The van der Waals surface area contributed by atoms with Crippen LogP contribution in [0.5, 0.6) is 0 Å². The summed E-state index contributed by atoms with van der Waals surface area (Å²) in [5.41, 5.74) is 0.791. The molecule has 1 atom stereocenters. The van der Waals surface area contributed by atoms with Crippen molar-refractivity contribution in [3.05, 3.63) is 48.0 Å². The van der Waals surface area contributed by atoms with E-state index >= 15 is 0 Å². The van der Waals surface area contributed by atoms with Crippen LogP contribution in [0.25, 0.3) is 10.8 Å². The van der Waals surface area contributed by atoms with Crippen LogP contribution in [0, 0.1) is 0 Å². The van der Waals surface area contributed by atoms with Crippen LogP contribution in [-0.2, 0) is 0 Å². The summed E-state index contributed by atoms with van der Waals surface area (Å²) in [6, 6.07) is 14.0. The number of rotatable bonds is 4. The molecule has 0 aliphatic rings. The van der Waals surface area contributed by atoms with Crippen molar-refractivity contribution in [2.75, 3.05) is 0 Å². The first-order valence-electron chi connectivity index (χ1n) is 5.89. The Balaban J connectivity index is 2.33. The van der Waals surface area contributed by atoms with Gasteiger partial charge in [0, 0.05) is 5.56 Å². The van der Waals surface area contributed by atoms with E-state index in [1.807, 2.05) is 36.4 Å². The average Bonchev–Trinajstić information content (AvgIpc) is 2.37. The summed E-state index contributed by atoms with van der Waals surface area (Å²) in [4.78, 5) is 12.1.